The summed E-state index contributed by atoms with van der Waals surface area (Å²) in [4.78, 5) is 4.35. The zero-order chi connectivity index (χ0) is 13.2. The van der Waals surface area contributed by atoms with Gasteiger partial charge in [0.2, 0.25) is 0 Å². The maximum atomic E-state index is 6.44. The van der Waals surface area contributed by atoms with Crippen LogP contribution in [0.15, 0.2) is 42.6 Å². The molecule has 1 aromatic carbocycles. The van der Waals surface area contributed by atoms with Crippen molar-refractivity contribution in [2.45, 2.75) is 38.1 Å². The molecule has 1 aliphatic carbocycles. The largest absolute Gasteiger partial charge is 0.320 e. The number of hydrogen-bond acceptors (Lipinski definition) is 2. The fraction of sp³-hybridized carbons (Fsp3) is 0.353. The first-order valence-electron chi connectivity index (χ1n) is 7.02. The molecule has 1 aromatic heterocycles. The molecule has 1 fully saturated rings. The van der Waals surface area contributed by atoms with Crippen LogP contribution in [-0.4, -0.2) is 4.98 Å². The van der Waals surface area contributed by atoms with Crippen LogP contribution in [0.25, 0.3) is 0 Å². The number of nitrogens with zero attached hydrogens (tertiary/aromatic N) is 1. The van der Waals surface area contributed by atoms with Crippen molar-refractivity contribution in [3.05, 3.63) is 65.0 Å². The Hall–Kier alpha value is -1.67. The van der Waals surface area contributed by atoms with Gasteiger partial charge in [-0.1, -0.05) is 36.8 Å². The van der Waals surface area contributed by atoms with Crippen LogP contribution in [0.5, 0.6) is 0 Å². The van der Waals surface area contributed by atoms with Crippen LogP contribution in [-0.2, 0) is 0 Å². The molecule has 0 spiro atoms. The Balaban J connectivity index is 1.94. The lowest BCUT2D eigenvalue weighted by Crippen LogP contribution is -2.18. The molecular weight excluding hydrogens is 232 g/mol. The van der Waals surface area contributed by atoms with Crippen molar-refractivity contribution in [2.75, 3.05) is 0 Å². The molecule has 0 saturated heterocycles. The molecule has 0 amide bonds. The molecule has 98 valence electrons. The van der Waals surface area contributed by atoms with E-state index in [4.69, 9.17) is 5.73 Å². The summed E-state index contributed by atoms with van der Waals surface area (Å²) in [5.41, 5.74) is 11.3. The van der Waals surface area contributed by atoms with Gasteiger partial charge in [0.25, 0.3) is 0 Å². The van der Waals surface area contributed by atoms with E-state index in [-0.39, 0.29) is 6.04 Å². The molecule has 1 aliphatic rings. The molecule has 2 heteroatoms. The molecule has 19 heavy (non-hydrogen) atoms. The summed E-state index contributed by atoms with van der Waals surface area (Å²) >= 11 is 0. The molecule has 3 rings (SSSR count). The van der Waals surface area contributed by atoms with Gasteiger partial charge in [0.1, 0.15) is 0 Å². The van der Waals surface area contributed by atoms with E-state index in [0.717, 1.165) is 11.3 Å². The normalized spacial score (nSPS) is 16.9. The minimum Gasteiger partial charge on any atom is -0.320 e. The molecule has 2 aromatic rings. The van der Waals surface area contributed by atoms with Gasteiger partial charge < -0.3 is 5.73 Å². The van der Waals surface area contributed by atoms with Gasteiger partial charge >= 0.3 is 0 Å². The zero-order valence-corrected chi connectivity index (χ0v) is 11.3. The highest BCUT2D eigenvalue weighted by molar-refractivity contribution is 5.39. The molecule has 1 atom stereocenters. The molecule has 0 bridgehead atoms. The molecule has 2 nitrogen and oxygen atoms in total. The lowest BCUT2D eigenvalue weighted by atomic mass is 9.76. The van der Waals surface area contributed by atoms with Gasteiger partial charge in [0, 0.05) is 11.9 Å². The van der Waals surface area contributed by atoms with E-state index in [1.807, 2.05) is 19.2 Å². The maximum absolute atomic E-state index is 6.44. The number of hydrogen-bond donors (Lipinski definition) is 1. The third-order valence-electron chi connectivity index (χ3n) is 4.17. The van der Waals surface area contributed by atoms with E-state index in [9.17, 15) is 0 Å². The highest BCUT2D eigenvalue weighted by Gasteiger charge is 2.24. The smallest absolute Gasteiger partial charge is 0.0569 e. The van der Waals surface area contributed by atoms with Gasteiger partial charge in [-0.05, 0) is 48.4 Å². The van der Waals surface area contributed by atoms with Crippen molar-refractivity contribution < 1.29 is 0 Å². The van der Waals surface area contributed by atoms with Crippen molar-refractivity contribution in [1.29, 1.82) is 0 Å². The Bertz CT molecular complexity index is 556. The van der Waals surface area contributed by atoms with Gasteiger partial charge in [0.15, 0.2) is 0 Å². The van der Waals surface area contributed by atoms with Crippen molar-refractivity contribution in [2.24, 2.45) is 5.73 Å². The summed E-state index contributed by atoms with van der Waals surface area (Å²) in [7, 11) is 0. The topological polar surface area (TPSA) is 38.9 Å². The Morgan fingerprint density at radius 1 is 1.16 bits per heavy atom. The van der Waals surface area contributed by atoms with Crippen LogP contribution in [0, 0.1) is 6.92 Å². The number of aromatic nitrogens is 1. The van der Waals surface area contributed by atoms with E-state index < -0.39 is 0 Å². The summed E-state index contributed by atoms with van der Waals surface area (Å²) < 4.78 is 0. The van der Waals surface area contributed by atoms with Crippen LogP contribution < -0.4 is 5.73 Å². The van der Waals surface area contributed by atoms with Crippen molar-refractivity contribution >= 4 is 0 Å². The second kappa shape index (κ2) is 5.14. The lowest BCUT2D eigenvalue weighted by Gasteiger charge is -2.29. The third kappa shape index (κ3) is 2.41. The monoisotopic (exact) mass is 252 g/mol. The summed E-state index contributed by atoms with van der Waals surface area (Å²) in [6.07, 6.45) is 5.85. The molecule has 0 radical (unpaired) electrons. The minimum absolute atomic E-state index is 0.0649. The Kier molecular flexibility index (Phi) is 3.34. The van der Waals surface area contributed by atoms with Crippen LogP contribution in [0.2, 0.25) is 0 Å². The maximum Gasteiger partial charge on any atom is 0.0569 e. The van der Waals surface area contributed by atoms with Crippen molar-refractivity contribution in [3.63, 3.8) is 0 Å². The van der Waals surface area contributed by atoms with Crippen molar-refractivity contribution in [3.8, 4) is 0 Å². The number of nitrogens with two attached hydrogens (primary N) is 1. The summed E-state index contributed by atoms with van der Waals surface area (Å²) in [5, 5.41) is 0. The molecular formula is C17H20N2. The number of aryl methyl sites for hydroxylation is 1. The first-order chi connectivity index (χ1) is 9.25. The van der Waals surface area contributed by atoms with Crippen LogP contribution in [0.3, 0.4) is 0 Å². The standard InChI is InChI=1S/C17H20N2/c1-12-9-10-14(11-19-12)17(18)16-8-3-2-7-15(16)13-5-4-6-13/h2-3,7-11,13,17H,4-6,18H2,1H3. The highest BCUT2D eigenvalue weighted by atomic mass is 14.7. The Labute approximate surface area is 114 Å². The van der Waals surface area contributed by atoms with E-state index >= 15 is 0 Å². The second-order valence-electron chi connectivity index (χ2n) is 5.47. The van der Waals surface area contributed by atoms with Crippen LogP contribution in [0.1, 0.15) is 53.6 Å². The Morgan fingerprint density at radius 2 is 1.95 bits per heavy atom. The van der Waals surface area contributed by atoms with E-state index in [2.05, 4.69) is 35.3 Å². The summed E-state index contributed by atoms with van der Waals surface area (Å²) in [6.45, 7) is 2.00. The number of benzene rings is 1. The highest BCUT2D eigenvalue weighted by Crippen LogP contribution is 2.39. The third-order valence-corrected chi connectivity index (χ3v) is 4.17. The average molecular weight is 252 g/mol. The van der Waals surface area contributed by atoms with Crippen LogP contribution in [0.4, 0.5) is 0 Å². The predicted octanol–water partition coefficient (Wildman–Crippen LogP) is 3.71. The fourth-order valence-electron chi connectivity index (χ4n) is 2.73. The molecule has 1 unspecified atom stereocenters. The number of pyridine rings is 1. The average Bonchev–Trinajstić information content (AvgIpc) is 2.37. The molecule has 2 N–H and O–H groups in total. The zero-order valence-electron chi connectivity index (χ0n) is 11.3. The van der Waals surface area contributed by atoms with Gasteiger partial charge in [-0.15, -0.1) is 0 Å². The van der Waals surface area contributed by atoms with Crippen molar-refractivity contribution in [1.82, 2.24) is 4.98 Å². The van der Waals surface area contributed by atoms with E-state index in [1.54, 1.807) is 0 Å². The van der Waals surface area contributed by atoms with Gasteiger partial charge in [-0.3, -0.25) is 4.98 Å². The van der Waals surface area contributed by atoms with E-state index in [1.165, 1.54) is 30.4 Å². The fourth-order valence-corrected chi connectivity index (χ4v) is 2.73. The molecule has 0 aliphatic heterocycles. The first kappa shape index (κ1) is 12.4. The predicted molar refractivity (Wildman–Crippen MR) is 78.0 cm³/mol. The summed E-state index contributed by atoms with van der Waals surface area (Å²) in [5.74, 6) is 0.709. The van der Waals surface area contributed by atoms with Gasteiger partial charge in [0.05, 0.1) is 6.04 Å². The SMILES string of the molecule is Cc1ccc(C(N)c2ccccc2C2CCC2)cn1. The summed E-state index contributed by atoms with van der Waals surface area (Å²) in [6, 6.07) is 12.7. The minimum atomic E-state index is -0.0649. The molecule has 1 heterocycles. The van der Waals surface area contributed by atoms with Crippen LogP contribution >= 0.6 is 0 Å². The van der Waals surface area contributed by atoms with Gasteiger partial charge in [-0.25, -0.2) is 0 Å². The number of rotatable bonds is 3. The first-order valence-corrected chi connectivity index (χ1v) is 7.02. The van der Waals surface area contributed by atoms with Gasteiger partial charge in [-0.2, -0.15) is 0 Å². The Morgan fingerprint density at radius 3 is 2.58 bits per heavy atom. The second-order valence-corrected chi connectivity index (χ2v) is 5.47. The quantitative estimate of drug-likeness (QED) is 0.904. The van der Waals surface area contributed by atoms with E-state index in [0.29, 0.717) is 5.92 Å². The molecule has 1 saturated carbocycles. The lowest BCUT2D eigenvalue weighted by molar-refractivity contribution is 0.416.